The van der Waals surface area contributed by atoms with Crippen molar-refractivity contribution in [3.8, 4) is 5.75 Å². The molecule has 6 nitrogen and oxygen atoms in total. The van der Waals surface area contributed by atoms with Crippen molar-refractivity contribution < 1.29 is 14.3 Å². The van der Waals surface area contributed by atoms with E-state index in [9.17, 15) is 9.59 Å². The summed E-state index contributed by atoms with van der Waals surface area (Å²) in [5.41, 5.74) is 1.41. The molecule has 1 fully saturated rings. The number of hydrogen-bond acceptors (Lipinski definition) is 3. The molecule has 0 bridgehead atoms. The lowest BCUT2D eigenvalue weighted by molar-refractivity contribution is 0.0671. The second-order valence-corrected chi connectivity index (χ2v) is 6.45. The summed E-state index contributed by atoms with van der Waals surface area (Å²) in [6, 6.07) is 16.5. The molecule has 0 unspecified atom stereocenters. The molecule has 27 heavy (non-hydrogen) atoms. The Morgan fingerprint density at radius 3 is 2.19 bits per heavy atom. The van der Waals surface area contributed by atoms with Gasteiger partial charge in [-0.15, -0.1) is 0 Å². The van der Waals surface area contributed by atoms with Crippen molar-refractivity contribution in [2.24, 2.45) is 0 Å². The van der Waals surface area contributed by atoms with E-state index in [0.717, 1.165) is 17.9 Å². The fourth-order valence-corrected chi connectivity index (χ4v) is 2.93. The first-order chi connectivity index (χ1) is 13.2. The van der Waals surface area contributed by atoms with Gasteiger partial charge in [0, 0.05) is 37.4 Å². The Balaban J connectivity index is 1.51. The van der Waals surface area contributed by atoms with Gasteiger partial charge in [0.2, 0.25) is 0 Å². The molecule has 2 aromatic carbocycles. The van der Waals surface area contributed by atoms with E-state index in [-0.39, 0.29) is 11.9 Å². The van der Waals surface area contributed by atoms with Gasteiger partial charge in [-0.25, -0.2) is 4.79 Å². The number of para-hydroxylation sites is 1. The number of hydrogen-bond donors (Lipinski definition) is 1. The number of ether oxygens (including phenoxy) is 1. The first-order valence-electron chi connectivity index (χ1n) is 9.30. The van der Waals surface area contributed by atoms with Crippen LogP contribution in [0.2, 0.25) is 0 Å². The van der Waals surface area contributed by atoms with Crippen molar-refractivity contribution in [1.29, 1.82) is 0 Å². The van der Waals surface area contributed by atoms with Gasteiger partial charge in [0.25, 0.3) is 5.91 Å². The van der Waals surface area contributed by atoms with Gasteiger partial charge in [0.05, 0.1) is 6.61 Å². The topological polar surface area (TPSA) is 61.9 Å². The Bertz CT molecular complexity index is 754. The SMILES string of the molecule is CCCOc1ccc(C(=O)N2CCN(C(=O)Nc3ccccc3)CC2)cc1. The number of piperazine rings is 1. The van der Waals surface area contributed by atoms with Gasteiger partial charge in [-0.1, -0.05) is 25.1 Å². The number of nitrogens with zero attached hydrogens (tertiary/aromatic N) is 2. The number of nitrogens with one attached hydrogen (secondary N) is 1. The third-order valence-corrected chi connectivity index (χ3v) is 4.45. The van der Waals surface area contributed by atoms with Gasteiger partial charge in [0.1, 0.15) is 5.75 Å². The van der Waals surface area contributed by atoms with Gasteiger partial charge in [-0.2, -0.15) is 0 Å². The van der Waals surface area contributed by atoms with Crippen LogP contribution in [0.3, 0.4) is 0 Å². The Hall–Kier alpha value is -3.02. The van der Waals surface area contributed by atoms with Crippen LogP contribution in [-0.2, 0) is 0 Å². The van der Waals surface area contributed by atoms with Crippen LogP contribution in [0.5, 0.6) is 5.75 Å². The zero-order valence-corrected chi connectivity index (χ0v) is 15.6. The van der Waals surface area contributed by atoms with Crippen molar-refractivity contribution in [1.82, 2.24) is 9.80 Å². The van der Waals surface area contributed by atoms with Crippen molar-refractivity contribution in [3.63, 3.8) is 0 Å². The maximum absolute atomic E-state index is 12.7. The summed E-state index contributed by atoms with van der Waals surface area (Å²) in [5.74, 6) is 0.760. The number of anilines is 1. The zero-order valence-electron chi connectivity index (χ0n) is 15.6. The highest BCUT2D eigenvalue weighted by Crippen LogP contribution is 2.15. The van der Waals surface area contributed by atoms with Crippen LogP contribution in [0.25, 0.3) is 0 Å². The molecule has 0 aliphatic carbocycles. The second-order valence-electron chi connectivity index (χ2n) is 6.45. The second kappa shape index (κ2) is 9.07. The van der Waals surface area contributed by atoms with E-state index in [4.69, 9.17) is 4.74 Å². The van der Waals surface area contributed by atoms with Crippen LogP contribution in [-0.4, -0.2) is 54.5 Å². The molecule has 1 aliphatic heterocycles. The van der Waals surface area contributed by atoms with Crippen LogP contribution in [0.15, 0.2) is 54.6 Å². The van der Waals surface area contributed by atoms with Crippen LogP contribution in [0.4, 0.5) is 10.5 Å². The van der Waals surface area contributed by atoms with Gasteiger partial charge >= 0.3 is 6.03 Å². The number of urea groups is 1. The molecule has 0 saturated carbocycles. The zero-order chi connectivity index (χ0) is 19.1. The highest BCUT2D eigenvalue weighted by molar-refractivity contribution is 5.95. The fourth-order valence-electron chi connectivity index (χ4n) is 2.93. The van der Waals surface area contributed by atoms with Gasteiger partial charge in [-0.05, 0) is 42.8 Å². The minimum absolute atomic E-state index is 0.0137. The van der Waals surface area contributed by atoms with Crippen LogP contribution < -0.4 is 10.1 Å². The molecular formula is C21H25N3O3. The first kappa shape index (κ1) is 18.8. The smallest absolute Gasteiger partial charge is 0.321 e. The quantitative estimate of drug-likeness (QED) is 0.880. The Labute approximate surface area is 159 Å². The average molecular weight is 367 g/mol. The van der Waals surface area contributed by atoms with E-state index in [1.807, 2.05) is 42.5 Å². The molecule has 0 atom stereocenters. The van der Waals surface area contributed by atoms with Gasteiger partial charge in [-0.3, -0.25) is 4.79 Å². The molecule has 142 valence electrons. The summed E-state index contributed by atoms with van der Waals surface area (Å²) in [7, 11) is 0. The highest BCUT2D eigenvalue weighted by atomic mass is 16.5. The van der Waals surface area contributed by atoms with Crippen LogP contribution in [0, 0.1) is 0 Å². The van der Waals surface area contributed by atoms with E-state index in [2.05, 4.69) is 12.2 Å². The minimum atomic E-state index is -0.134. The molecule has 3 rings (SSSR count). The van der Waals surface area contributed by atoms with E-state index < -0.39 is 0 Å². The van der Waals surface area contributed by atoms with E-state index >= 15 is 0 Å². The molecule has 3 amide bonds. The lowest BCUT2D eigenvalue weighted by atomic mass is 10.1. The third-order valence-electron chi connectivity index (χ3n) is 4.45. The summed E-state index contributed by atoms with van der Waals surface area (Å²) in [5, 5.41) is 2.88. The number of amides is 3. The standard InChI is InChI=1S/C21H25N3O3/c1-2-16-27-19-10-8-17(9-11-19)20(25)23-12-14-24(15-13-23)21(26)22-18-6-4-3-5-7-18/h3-11H,2,12-16H2,1H3,(H,22,26). The van der Waals surface area contributed by atoms with Crippen LogP contribution >= 0.6 is 0 Å². The molecule has 2 aromatic rings. The molecule has 1 N–H and O–H groups in total. The van der Waals surface area contributed by atoms with Gasteiger partial charge in [0.15, 0.2) is 0 Å². The number of carbonyl (C=O) groups excluding carboxylic acids is 2. The molecule has 0 aromatic heterocycles. The number of rotatable bonds is 5. The van der Waals surface area contributed by atoms with Crippen molar-refractivity contribution in [3.05, 3.63) is 60.2 Å². The van der Waals surface area contributed by atoms with Gasteiger partial charge < -0.3 is 19.9 Å². The Morgan fingerprint density at radius 2 is 1.56 bits per heavy atom. The third kappa shape index (κ3) is 5.00. The summed E-state index contributed by atoms with van der Waals surface area (Å²) in [6.45, 7) is 4.80. The number of carbonyl (C=O) groups is 2. The van der Waals surface area contributed by atoms with E-state index in [1.54, 1.807) is 21.9 Å². The Morgan fingerprint density at radius 1 is 0.926 bits per heavy atom. The van der Waals surface area contributed by atoms with E-state index in [0.29, 0.717) is 38.3 Å². The maximum Gasteiger partial charge on any atom is 0.321 e. The van der Waals surface area contributed by atoms with E-state index in [1.165, 1.54) is 0 Å². The molecule has 0 radical (unpaired) electrons. The van der Waals surface area contributed by atoms with Crippen molar-refractivity contribution >= 4 is 17.6 Å². The summed E-state index contributed by atoms with van der Waals surface area (Å²) < 4.78 is 5.55. The highest BCUT2D eigenvalue weighted by Gasteiger charge is 2.24. The normalized spacial score (nSPS) is 14.0. The molecule has 1 saturated heterocycles. The minimum Gasteiger partial charge on any atom is -0.494 e. The summed E-state index contributed by atoms with van der Waals surface area (Å²) in [4.78, 5) is 28.5. The largest absolute Gasteiger partial charge is 0.494 e. The monoisotopic (exact) mass is 367 g/mol. The lowest BCUT2D eigenvalue weighted by Crippen LogP contribution is -2.51. The van der Waals surface area contributed by atoms with Crippen molar-refractivity contribution in [2.45, 2.75) is 13.3 Å². The van der Waals surface area contributed by atoms with Crippen molar-refractivity contribution in [2.75, 3.05) is 38.1 Å². The lowest BCUT2D eigenvalue weighted by Gasteiger charge is -2.34. The molecule has 6 heteroatoms. The predicted octanol–water partition coefficient (Wildman–Crippen LogP) is 3.47. The Kier molecular flexibility index (Phi) is 6.30. The first-order valence-corrected chi connectivity index (χ1v) is 9.30. The molecular weight excluding hydrogens is 342 g/mol. The summed E-state index contributed by atoms with van der Waals surface area (Å²) in [6.07, 6.45) is 0.947. The van der Waals surface area contributed by atoms with Crippen LogP contribution in [0.1, 0.15) is 23.7 Å². The summed E-state index contributed by atoms with van der Waals surface area (Å²) >= 11 is 0. The molecule has 0 spiro atoms. The molecule has 1 heterocycles. The molecule has 1 aliphatic rings. The number of benzene rings is 2. The average Bonchev–Trinajstić information content (AvgIpc) is 2.73. The fraction of sp³-hybridized carbons (Fsp3) is 0.333. The maximum atomic E-state index is 12.7. The predicted molar refractivity (Wildman–Crippen MR) is 105 cm³/mol.